The molecule has 0 heterocycles. The highest BCUT2D eigenvalue weighted by atomic mass is 19.4. The number of alkyl carbamates (subject to hydrolysis) is 1. The van der Waals surface area contributed by atoms with Crippen molar-refractivity contribution in [1.82, 2.24) is 10.6 Å². The van der Waals surface area contributed by atoms with Crippen molar-refractivity contribution < 1.29 is 37.4 Å². The summed E-state index contributed by atoms with van der Waals surface area (Å²) in [5, 5.41) is 13.5. The van der Waals surface area contributed by atoms with Crippen molar-refractivity contribution in [2.45, 2.75) is 44.3 Å². The molecule has 3 rings (SSSR count). The second-order valence-corrected chi connectivity index (χ2v) is 8.35. The van der Waals surface area contributed by atoms with E-state index in [-0.39, 0.29) is 25.5 Å². The highest BCUT2D eigenvalue weighted by molar-refractivity contribution is 5.85. The zero-order valence-corrected chi connectivity index (χ0v) is 19.1. The molecule has 0 saturated heterocycles. The van der Waals surface area contributed by atoms with Crippen LogP contribution < -0.4 is 10.6 Å². The van der Waals surface area contributed by atoms with E-state index in [9.17, 15) is 27.6 Å². The Hall–Kier alpha value is -3.56. The minimum atomic E-state index is -4.69. The summed E-state index contributed by atoms with van der Waals surface area (Å²) in [4.78, 5) is 35.5. The Morgan fingerprint density at radius 2 is 1.60 bits per heavy atom. The maximum absolute atomic E-state index is 13.0. The lowest BCUT2D eigenvalue weighted by atomic mass is 9.98. The van der Waals surface area contributed by atoms with Gasteiger partial charge in [-0.3, -0.25) is 9.59 Å². The van der Waals surface area contributed by atoms with Gasteiger partial charge in [-0.2, -0.15) is 13.2 Å². The van der Waals surface area contributed by atoms with Crippen molar-refractivity contribution in [3.8, 4) is 11.1 Å². The smallest absolute Gasteiger partial charge is 0.407 e. The van der Waals surface area contributed by atoms with Crippen LogP contribution in [0.25, 0.3) is 11.1 Å². The van der Waals surface area contributed by atoms with Crippen LogP contribution in [0.3, 0.4) is 0 Å². The normalized spacial score (nSPS) is 14.4. The number of aliphatic carboxylic acids is 1. The predicted molar refractivity (Wildman–Crippen MR) is 122 cm³/mol. The number of carbonyl (C=O) groups excluding carboxylic acids is 2. The molecule has 2 aromatic carbocycles. The second kappa shape index (κ2) is 11.2. The van der Waals surface area contributed by atoms with E-state index in [1.165, 1.54) is 0 Å². The van der Waals surface area contributed by atoms with E-state index in [0.717, 1.165) is 22.3 Å². The van der Waals surface area contributed by atoms with E-state index < -0.39 is 48.9 Å². The van der Waals surface area contributed by atoms with Crippen molar-refractivity contribution in [3.05, 3.63) is 59.7 Å². The first-order valence-corrected chi connectivity index (χ1v) is 11.3. The van der Waals surface area contributed by atoms with Crippen LogP contribution in [0.4, 0.5) is 18.0 Å². The predicted octanol–water partition coefficient (Wildman–Crippen LogP) is 4.46. The number of hydrogen-bond acceptors (Lipinski definition) is 4. The summed E-state index contributed by atoms with van der Waals surface area (Å²) >= 11 is 0. The summed E-state index contributed by atoms with van der Waals surface area (Å²) in [6, 6.07) is 14.7. The number of carboxylic acids is 1. The fourth-order valence-corrected chi connectivity index (χ4v) is 4.22. The van der Waals surface area contributed by atoms with Gasteiger partial charge in [0.1, 0.15) is 12.6 Å². The molecule has 10 heteroatoms. The first-order valence-electron chi connectivity index (χ1n) is 11.3. The summed E-state index contributed by atoms with van der Waals surface area (Å²) in [5.74, 6) is -4.47. The molecule has 2 aromatic rings. The maximum Gasteiger partial charge on any atom is 0.407 e. The van der Waals surface area contributed by atoms with Gasteiger partial charge in [0.15, 0.2) is 0 Å². The van der Waals surface area contributed by atoms with E-state index in [0.29, 0.717) is 0 Å². The second-order valence-electron chi connectivity index (χ2n) is 8.35. The van der Waals surface area contributed by atoms with Crippen LogP contribution >= 0.6 is 0 Å². The number of alkyl halides is 3. The Morgan fingerprint density at radius 3 is 2.11 bits per heavy atom. The summed E-state index contributed by atoms with van der Waals surface area (Å²) in [7, 11) is 0. The van der Waals surface area contributed by atoms with Gasteiger partial charge in [-0.1, -0.05) is 55.5 Å². The molecular formula is C25H27F3N2O5. The van der Waals surface area contributed by atoms with Gasteiger partial charge in [0.05, 0.1) is 12.3 Å². The van der Waals surface area contributed by atoms with Crippen molar-refractivity contribution in [1.29, 1.82) is 0 Å². The standard InChI is InChI=1S/C25H27F3N2O5/c1-2-21(23(33)29-12-11-15(13-22(31)32)25(26,27)28)30-24(34)35-14-20-18-9-5-3-7-16(18)17-8-4-6-10-19(17)20/h3-10,15,20-21H,2,11-14H2,1H3,(H,29,33)(H,30,34)(H,31,32). The molecule has 0 spiro atoms. The van der Waals surface area contributed by atoms with Crippen LogP contribution in [-0.4, -0.2) is 48.4 Å². The minimum Gasteiger partial charge on any atom is -0.481 e. The molecule has 1 aliphatic carbocycles. The highest BCUT2D eigenvalue weighted by Crippen LogP contribution is 2.44. The topological polar surface area (TPSA) is 105 Å². The third-order valence-corrected chi connectivity index (χ3v) is 6.04. The Bertz CT molecular complexity index is 1030. The Labute approximate surface area is 200 Å². The van der Waals surface area contributed by atoms with Gasteiger partial charge in [-0.05, 0) is 35.1 Å². The molecule has 7 nitrogen and oxygen atoms in total. The van der Waals surface area contributed by atoms with Gasteiger partial charge in [-0.15, -0.1) is 0 Å². The number of ether oxygens (including phenoxy) is 1. The van der Waals surface area contributed by atoms with Gasteiger partial charge < -0.3 is 20.5 Å². The number of rotatable bonds is 10. The quantitative estimate of drug-likeness (QED) is 0.454. The van der Waals surface area contributed by atoms with Crippen LogP contribution in [0.2, 0.25) is 0 Å². The number of carbonyl (C=O) groups is 3. The van der Waals surface area contributed by atoms with E-state index >= 15 is 0 Å². The molecule has 0 aliphatic heterocycles. The van der Waals surface area contributed by atoms with Gasteiger partial charge in [0.25, 0.3) is 0 Å². The molecule has 35 heavy (non-hydrogen) atoms. The van der Waals surface area contributed by atoms with Crippen LogP contribution in [0.15, 0.2) is 48.5 Å². The van der Waals surface area contributed by atoms with Crippen molar-refractivity contribution in [3.63, 3.8) is 0 Å². The molecule has 2 unspecified atom stereocenters. The Balaban J connectivity index is 1.53. The Kier molecular flexibility index (Phi) is 8.37. The van der Waals surface area contributed by atoms with E-state index in [4.69, 9.17) is 9.84 Å². The van der Waals surface area contributed by atoms with Crippen LogP contribution in [0.5, 0.6) is 0 Å². The SMILES string of the molecule is CCC(NC(=O)OCC1c2ccccc2-c2ccccc21)C(=O)NCCC(CC(=O)O)C(F)(F)F. The van der Waals surface area contributed by atoms with E-state index in [1.54, 1.807) is 6.92 Å². The summed E-state index contributed by atoms with van der Waals surface area (Å²) in [6.45, 7) is 1.32. The van der Waals surface area contributed by atoms with E-state index in [2.05, 4.69) is 10.6 Å². The molecule has 188 valence electrons. The zero-order valence-electron chi connectivity index (χ0n) is 19.1. The third kappa shape index (κ3) is 6.52. The van der Waals surface area contributed by atoms with Crippen LogP contribution in [0, 0.1) is 5.92 Å². The summed E-state index contributed by atoms with van der Waals surface area (Å²) < 4.78 is 44.3. The number of hydrogen-bond donors (Lipinski definition) is 3. The van der Waals surface area contributed by atoms with Crippen molar-refractivity contribution in [2.75, 3.05) is 13.2 Å². The maximum atomic E-state index is 13.0. The lowest BCUT2D eigenvalue weighted by Gasteiger charge is -2.21. The lowest BCUT2D eigenvalue weighted by molar-refractivity contribution is -0.184. The fourth-order valence-electron chi connectivity index (χ4n) is 4.22. The Morgan fingerprint density at radius 1 is 1.03 bits per heavy atom. The number of fused-ring (bicyclic) bond motifs is 3. The van der Waals surface area contributed by atoms with E-state index in [1.807, 2.05) is 48.5 Å². The molecule has 0 bridgehead atoms. The molecule has 3 N–H and O–H groups in total. The minimum absolute atomic E-state index is 0.0559. The molecular weight excluding hydrogens is 465 g/mol. The average molecular weight is 492 g/mol. The average Bonchev–Trinajstić information content (AvgIpc) is 3.13. The molecule has 1 aliphatic rings. The fraction of sp³-hybridized carbons (Fsp3) is 0.400. The summed E-state index contributed by atoms with van der Waals surface area (Å²) in [6.07, 6.45) is -6.97. The van der Waals surface area contributed by atoms with Gasteiger partial charge in [0, 0.05) is 12.5 Å². The van der Waals surface area contributed by atoms with Gasteiger partial charge in [-0.25, -0.2) is 4.79 Å². The van der Waals surface area contributed by atoms with Crippen LogP contribution in [-0.2, 0) is 14.3 Å². The zero-order chi connectivity index (χ0) is 25.6. The largest absolute Gasteiger partial charge is 0.481 e. The number of benzene rings is 2. The third-order valence-electron chi connectivity index (χ3n) is 6.04. The van der Waals surface area contributed by atoms with Gasteiger partial charge in [0.2, 0.25) is 5.91 Å². The molecule has 0 saturated carbocycles. The highest BCUT2D eigenvalue weighted by Gasteiger charge is 2.40. The van der Waals surface area contributed by atoms with Crippen molar-refractivity contribution in [2.24, 2.45) is 5.92 Å². The number of halogens is 3. The summed E-state index contributed by atoms with van der Waals surface area (Å²) in [5.41, 5.74) is 4.21. The first kappa shape index (κ1) is 26.1. The number of carboxylic acid groups (broad SMARTS) is 1. The molecule has 0 radical (unpaired) electrons. The first-order chi connectivity index (χ1) is 16.6. The van der Waals surface area contributed by atoms with Crippen molar-refractivity contribution >= 4 is 18.0 Å². The lowest BCUT2D eigenvalue weighted by Crippen LogP contribution is -2.47. The molecule has 2 atom stereocenters. The number of nitrogens with one attached hydrogen (secondary N) is 2. The monoisotopic (exact) mass is 492 g/mol. The molecule has 0 fully saturated rings. The van der Waals surface area contributed by atoms with Gasteiger partial charge >= 0.3 is 18.2 Å². The molecule has 2 amide bonds. The number of amides is 2. The van der Waals surface area contributed by atoms with Crippen LogP contribution in [0.1, 0.15) is 43.2 Å². The molecule has 0 aromatic heterocycles.